The number of likely N-dealkylation sites (N-methyl/N-ethyl adjacent to an activating group) is 1. The van der Waals surface area contributed by atoms with Crippen molar-refractivity contribution in [1.29, 1.82) is 0 Å². The van der Waals surface area contributed by atoms with Gasteiger partial charge >= 0.3 is 5.97 Å². The van der Waals surface area contributed by atoms with Crippen molar-refractivity contribution in [3.05, 3.63) is 0 Å². The van der Waals surface area contributed by atoms with Gasteiger partial charge in [-0.05, 0) is 6.42 Å². The van der Waals surface area contributed by atoms with E-state index in [2.05, 4.69) is 0 Å². The van der Waals surface area contributed by atoms with Gasteiger partial charge in [0.15, 0.2) is 0 Å². The molecule has 0 spiro atoms. The molecule has 1 rings (SSSR count). The Bertz CT molecular complexity index is 215. The van der Waals surface area contributed by atoms with Gasteiger partial charge < -0.3 is 9.64 Å². The monoisotopic (exact) mass is 185 g/mol. The largest absolute Gasteiger partial charge is 0.460 e. The lowest BCUT2D eigenvalue weighted by Crippen LogP contribution is -2.41. The van der Waals surface area contributed by atoms with Gasteiger partial charge in [0.2, 0.25) is 5.91 Å². The van der Waals surface area contributed by atoms with E-state index >= 15 is 0 Å². The van der Waals surface area contributed by atoms with E-state index in [1.54, 1.807) is 18.9 Å². The van der Waals surface area contributed by atoms with E-state index in [0.29, 0.717) is 25.8 Å². The van der Waals surface area contributed by atoms with Crippen LogP contribution in [0.5, 0.6) is 0 Å². The molecule has 0 N–H and O–H groups in total. The van der Waals surface area contributed by atoms with E-state index < -0.39 is 0 Å². The van der Waals surface area contributed by atoms with Gasteiger partial charge in [0.25, 0.3) is 0 Å². The van der Waals surface area contributed by atoms with Crippen molar-refractivity contribution in [2.75, 3.05) is 13.6 Å². The lowest BCUT2D eigenvalue weighted by Gasteiger charge is -2.29. The van der Waals surface area contributed by atoms with Crippen molar-refractivity contribution in [1.82, 2.24) is 4.90 Å². The van der Waals surface area contributed by atoms with Crippen LogP contribution in [0.2, 0.25) is 0 Å². The minimum atomic E-state index is -0.187. The topological polar surface area (TPSA) is 46.6 Å². The normalized spacial score (nSPS) is 23.1. The van der Waals surface area contributed by atoms with E-state index in [1.807, 2.05) is 0 Å². The van der Waals surface area contributed by atoms with Gasteiger partial charge in [0, 0.05) is 19.9 Å². The zero-order valence-electron chi connectivity index (χ0n) is 8.08. The minimum absolute atomic E-state index is 0.102. The molecule has 1 heterocycles. The van der Waals surface area contributed by atoms with Crippen molar-refractivity contribution in [3.8, 4) is 0 Å². The Kier molecular flexibility index (Phi) is 3.28. The molecule has 0 aliphatic carbocycles. The number of rotatable bonds is 2. The Balaban J connectivity index is 2.37. The van der Waals surface area contributed by atoms with Crippen LogP contribution in [0.4, 0.5) is 0 Å². The first-order chi connectivity index (χ1) is 6.13. The first-order valence-corrected chi connectivity index (χ1v) is 4.57. The third-order valence-electron chi connectivity index (χ3n) is 2.17. The third-order valence-corrected chi connectivity index (χ3v) is 2.17. The number of piperidine rings is 1. The highest BCUT2D eigenvalue weighted by Gasteiger charge is 2.24. The molecular formula is C9H15NO3. The standard InChI is InChI=1S/C9H15NO3/c1-3-9(12)13-7-4-5-8(11)10(2)6-7/h7H,3-6H2,1-2H3. The summed E-state index contributed by atoms with van der Waals surface area (Å²) in [5.74, 6) is -0.0588. The smallest absolute Gasteiger partial charge is 0.305 e. The van der Waals surface area contributed by atoms with Crippen LogP contribution in [0, 0.1) is 0 Å². The van der Waals surface area contributed by atoms with E-state index in [0.717, 1.165) is 0 Å². The van der Waals surface area contributed by atoms with Crippen LogP contribution in [-0.4, -0.2) is 36.5 Å². The highest BCUT2D eigenvalue weighted by Crippen LogP contribution is 2.13. The molecule has 1 aliphatic rings. The third kappa shape index (κ3) is 2.72. The molecule has 4 heteroatoms. The average molecular weight is 185 g/mol. The fraction of sp³-hybridized carbons (Fsp3) is 0.778. The molecule has 1 saturated heterocycles. The van der Waals surface area contributed by atoms with Crippen molar-refractivity contribution < 1.29 is 14.3 Å². The number of esters is 1. The summed E-state index contributed by atoms with van der Waals surface area (Å²) in [6.45, 7) is 2.30. The number of hydrogen-bond donors (Lipinski definition) is 0. The van der Waals surface area contributed by atoms with Crippen molar-refractivity contribution in [3.63, 3.8) is 0 Å². The summed E-state index contributed by atoms with van der Waals surface area (Å²) in [5, 5.41) is 0. The lowest BCUT2D eigenvalue weighted by atomic mass is 10.1. The predicted octanol–water partition coefficient (Wildman–Crippen LogP) is 0.560. The van der Waals surface area contributed by atoms with E-state index in [1.165, 1.54) is 0 Å². The Morgan fingerprint density at radius 2 is 2.38 bits per heavy atom. The molecule has 74 valence electrons. The first-order valence-electron chi connectivity index (χ1n) is 4.57. The molecule has 13 heavy (non-hydrogen) atoms. The van der Waals surface area contributed by atoms with Gasteiger partial charge in [0.1, 0.15) is 6.10 Å². The molecule has 1 unspecified atom stereocenters. The van der Waals surface area contributed by atoms with Gasteiger partial charge in [-0.3, -0.25) is 9.59 Å². The molecule has 0 radical (unpaired) electrons. The summed E-state index contributed by atoms with van der Waals surface area (Å²) in [4.78, 5) is 23.6. The number of carbonyl (C=O) groups excluding carboxylic acids is 2. The molecule has 4 nitrogen and oxygen atoms in total. The summed E-state index contributed by atoms with van der Waals surface area (Å²) >= 11 is 0. The fourth-order valence-corrected chi connectivity index (χ4v) is 1.34. The summed E-state index contributed by atoms with van der Waals surface area (Å²) in [6.07, 6.45) is 1.44. The van der Waals surface area contributed by atoms with Crippen LogP contribution in [0.3, 0.4) is 0 Å². The summed E-state index contributed by atoms with van der Waals surface area (Å²) in [7, 11) is 1.73. The lowest BCUT2D eigenvalue weighted by molar-refractivity contribution is -0.155. The van der Waals surface area contributed by atoms with E-state index in [-0.39, 0.29) is 18.0 Å². The molecule has 1 atom stereocenters. The van der Waals surface area contributed by atoms with E-state index in [4.69, 9.17) is 4.74 Å². The number of likely N-dealkylation sites (tertiary alicyclic amines) is 1. The molecular weight excluding hydrogens is 170 g/mol. The molecule has 1 amide bonds. The van der Waals surface area contributed by atoms with Gasteiger partial charge in [-0.15, -0.1) is 0 Å². The van der Waals surface area contributed by atoms with Crippen molar-refractivity contribution >= 4 is 11.9 Å². The Hall–Kier alpha value is -1.06. The number of amides is 1. The van der Waals surface area contributed by atoms with Crippen LogP contribution in [0.25, 0.3) is 0 Å². The van der Waals surface area contributed by atoms with Gasteiger partial charge in [0.05, 0.1) is 6.54 Å². The zero-order valence-corrected chi connectivity index (χ0v) is 8.08. The SMILES string of the molecule is CCC(=O)OC1CCC(=O)N(C)C1. The Labute approximate surface area is 77.8 Å². The van der Waals surface area contributed by atoms with Gasteiger partial charge in [-0.1, -0.05) is 6.92 Å². The minimum Gasteiger partial charge on any atom is -0.460 e. The van der Waals surface area contributed by atoms with Gasteiger partial charge in [-0.25, -0.2) is 0 Å². The Morgan fingerprint density at radius 3 is 2.92 bits per heavy atom. The molecule has 0 bridgehead atoms. The molecule has 0 aromatic rings. The number of ether oxygens (including phenoxy) is 1. The quantitative estimate of drug-likeness (QED) is 0.590. The molecule has 0 aromatic carbocycles. The van der Waals surface area contributed by atoms with Crippen LogP contribution in [0.15, 0.2) is 0 Å². The molecule has 1 aliphatic heterocycles. The predicted molar refractivity (Wildman–Crippen MR) is 47.0 cm³/mol. The van der Waals surface area contributed by atoms with Gasteiger partial charge in [-0.2, -0.15) is 0 Å². The maximum Gasteiger partial charge on any atom is 0.305 e. The second-order valence-corrected chi connectivity index (χ2v) is 3.28. The molecule has 1 fully saturated rings. The number of nitrogens with zero attached hydrogens (tertiary/aromatic N) is 1. The van der Waals surface area contributed by atoms with Crippen molar-refractivity contribution in [2.24, 2.45) is 0 Å². The second kappa shape index (κ2) is 4.25. The number of hydrogen-bond acceptors (Lipinski definition) is 3. The molecule has 0 aromatic heterocycles. The van der Waals surface area contributed by atoms with Crippen LogP contribution in [0.1, 0.15) is 26.2 Å². The zero-order chi connectivity index (χ0) is 9.84. The van der Waals surface area contributed by atoms with Crippen molar-refractivity contribution in [2.45, 2.75) is 32.3 Å². The Morgan fingerprint density at radius 1 is 1.69 bits per heavy atom. The second-order valence-electron chi connectivity index (χ2n) is 3.28. The highest BCUT2D eigenvalue weighted by molar-refractivity contribution is 5.77. The van der Waals surface area contributed by atoms with Crippen LogP contribution in [-0.2, 0) is 14.3 Å². The first kappa shape index (κ1) is 10.0. The summed E-state index contributed by atoms with van der Waals surface area (Å²) in [5.41, 5.74) is 0. The van der Waals surface area contributed by atoms with Crippen LogP contribution < -0.4 is 0 Å². The molecule has 0 saturated carbocycles. The summed E-state index contributed by atoms with van der Waals surface area (Å²) in [6, 6.07) is 0. The maximum absolute atomic E-state index is 11.1. The maximum atomic E-state index is 11.1. The summed E-state index contributed by atoms with van der Waals surface area (Å²) < 4.78 is 5.13. The van der Waals surface area contributed by atoms with Crippen LogP contribution >= 0.6 is 0 Å². The highest BCUT2D eigenvalue weighted by atomic mass is 16.5. The van der Waals surface area contributed by atoms with E-state index in [9.17, 15) is 9.59 Å². The fourth-order valence-electron chi connectivity index (χ4n) is 1.34. The number of carbonyl (C=O) groups is 2. The average Bonchev–Trinajstić information content (AvgIpc) is 2.11.